The molecule has 0 fully saturated rings. The Hall–Kier alpha value is -3.43. The van der Waals surface area contributed by atoms with Crippen molar-refractivity contribution in [2.75, 3.05) is 6.61 Å². The average Bonchev–Trinajstić information content (AvgIpc) is 2.74. The summed E-state index contributed by atoms with van der Waals surface area (Å²) in [7, 11) is 0. The van der Waals surface area contributed by atoms with Gasteiger partial charge in [0.1, 0.15) is 29.8 Å². The van der Waals surface area contributed by atoms with Crippen LogP contribution in [-0.2, 0) is 20.9 Å². The van der Waals surface area contributed by atoms with Gasteiger partial charge >= 0.3 is 5.97 Å². The second kappa shape index (κ2) is 10.0. The zero-order valence-electron chi connectivity index (χ0n) is 19.4. The van der Waals surface area contributed by atoms with Crippen LogP contribution >= 0.6 is 11.6 Å². The molecule has 0 amide bonds. The Bertz CT molecular complexity index is 1210. The minimum Gasteiger partial charge on any atom is -0.489 e. The maximum atomic E-state index is 12.8. The zero-order chi connectivity index (χ0) is 24.3. The van der Waals surface area contributed by atoms with Crippen molar-refractivity contribution in [2.24, 2.45) is 5.73 Å². The van der Waals surface area contributed by atoms with E-state index in [1.807, 2.05) is 45.0 Å². The molecule has 3 rings (SSSR count). The molecule has 33 heavy (non-hydrogen) atoms. The third-order valence-electron chi connectivity index (χ3n) is 5.63. The highest BCUT2D eigenvalue weighted by Gasteiger charge is 2.37. The first-order chi connectivity index (χ1) is 15.7. The lowest BCUT2D eigenvalue weighted by Gasteiger charge is -2.28. The first-order valence-electron chi connectivity index (χ1n) is 10.6. The summed E-state index contributed by atoms with van der Waals surface area (Å²) in [5.74, 6) is -0.179. The van der Waals surface area contributed by atoms with Crippen molar-refractivity contribution in [3.63, 3.8) is 0 Å². The Labute approximate surface area is 199 Å². The van der Waals surface area contributed by atoms with Crippen molar-refractivity contribution in [3.8, 4) is 11.8 Å². The molecule has 0 spiro atoms. The van der Waals surface area contributed by atoms with E-state index >= 15 is 0 Å². The van der Waals surface area contributed by atoms with E-state index in [9.17, 15) is 10.1 Å². The number of ether oxygens (including phenoxy) is 3. The van der Waals surface area contributed by atoms with Crippen LogP contribution < -0.4 is 10.5 Å². The van der Waals surface area contributed by atoms with Crippen LogP contribution in [0.4, 0.5) is 0 Å². The number of hydrogen-bond donors (Lipinski definition) is 1. The van der Waals surface area contributed by atoms with Gasteiger partial charge in [0.2, 0.25) is 5.88 Å². The lowest BCUT2D eigenvalue weighted by atomic mass is 9.79. The summed E-state index contributed by atoms with van der Waals surface area (Å²) >= 11 is 6.05. The maximum Gasteiger partial charge on any atom is 0.338 e. The first-order valence-corrected chi connectivity index (χ1v) is 11.0. The summed E-state index contributed by atoms with van der Waals surface area (Å²) in [6, 6.07) is 11.6. The number of esters is 1. The van der Waals surface area contributed by atoms with Gasteiger partial charge in [-0.05, 0) is 75.1 Å². The predicted molar refractivity (Wildman–Crippen MR) is 126 cm³/mol. The Morgan fingerprint density at radius 1 is 1.21 bits per heavy atom. The van der Waals surface area contributed by atoms with Gasteiger partial charge in [0.15, 0.2) is 0 Å². The lowest BCUT2D eigenvalue weighted by Crippen LogP contribution is -2.26. The molecule has 1 aliphatic rings. The molecule has 0 saturated carbocycles. The van der Waals surface area contributed by atoms with Crippen molar-refractivity contribution in [1.82, 2.24) is 0 Å². The molecule has 0 saturated heterocycles. The Balaban J connectivity index is 2.08. The average molecular weight is 467 g/mol. The van der Waals surface area contributed by atoms with Crippen LogP contribution in [-0.4, -0.2) is 12.6 Å². The highest BCUT2D eigenvalue weighted by atomic mass is 35.5. The highest BCUT2D eigenvalue weighted by Crippen LogP contribution is 2.42. The van der Waals surface area contributed by atoms with Gasteiger partial charge in [0.05, 0.1) is 18.1 Å². The van der Waals surface area contributed by atoms with Crippen LogP contribution in [0.1, 0.15) is 47.6 Å². The van der Waals surface area contributed by atoms with E-state index in [1.54, 1.807) is 19.9 Å². The maximum absolute atomic E-state index is 12.8. The molecule has 2 aromatic carbocycles. The predicted octanol–water partition coefficient (Wildman–Crippen LogP) is 5.49. The van der Waals surface area contributed by atoms with Crippen molar-refractivity contribution < 1.29 is 19.0 Å². The molecule has 2 N–H and O–H groups in total. The highest BCUT2D eigenvalue weighted by molar-refractivity contribution is 6.30. The van der Waals surface area contributed by atoms with E-state index < -0.39 is 11.9 Å². The molecule has 172 valence electrons. The molecule has 0 bridgehead atoms. The quantitative estimate of drug-likeness (QED) is 0.565. The van der Waals surface area contributed by atoms with Crippen LogP contribution in [0.5, 0.6) is 5.75 Å². The fourth-order valence-electron chi connectivity index (χ4n) is 4.01. The molecular formula is C26H27ClN2O4. The molecule has 2 aromatic rings. The van der Waals surface area contributed by atoms with Gasteiger partial charge in [-0.1, -0.05) is 29.3 Å². The zero-order valence-corrected chi connectivity index (χ0v) is 20.2. The summed E-state index contributed by atoms with van der Waals surface area (Å²) in [4.78, 5) is 12.8. The second-order valence-electron chi connectivity index (χ2n) is 7.95. The number of aryl methyl sites for hydroxylation is 2. The van der Waals surface area contributed by atoms with E-state index in [4.69, 9.17) is 31.5 Å². The number of allylic oxidation sites excluding steroid dienone is 2. The van der Waals surface area contributed by atoms with Crippen LogP contribution in [0.2, 0.25) is 5.02 Å². The molecule has 6 nitrogen and oxygen atoms in total. The van der Waals surface area contributed by atoms with Crippen molar-refractivity contribution in [2.45, 2.75) is 47.1 Å². The number of benzene rings is 2. The third-order valence-corrected chi connectivity index (χ3v) is 5.87. The van der Waals surface area contributed by atoms with Crippen LogP contribution in [0.3, 0.4) is 0 Å². The van der Waals surface area contributed by atoms with Gasteiger partial charge in [-0.3, -0.25) is 0 Å². The van der Waals surface area contributed by atoms with E-state index in [1.165, 1.54) is 0 Å². The summed E-state index contributed by atoms with van der Waals surface area (Å²) in [5, 5.41) is 10.5. The van der Waals surface area contributed by atoms with E-state index in [2.05, 4.69) is 6.07 Å². The number of carbonyl (C=O) groups excluding carboxylic acids is 1. The molecule has 7 heteroatoms. The van der Waals surface area contributed by atoms with Gasteiger partial charge < -0.3 is 19.9 Å². The number of rotatable bonds is 6. The summed E-state index contributed by atoms with van der Waals surface area (Å²) in [5.41, 5.74) is 11.0. The van der Waals surface area contributed by atoms with Gasteiger partial charge in [0, 0.05) is 5.02 Å². The fraction of sp³-hybridized carbons (Fsp3) is 0.308. The van der Waals surface area contributed by atoms with Crippen LogP contribution in [0, 0.1) is 32.1 Å². The topological polar surface area (TPSA) is 94.6 Å². The van der Waals surface area contributed by atoms with Gasteiger partial charge in [0.25, 0.3) is 0 Å². The largest absolute Gasteiger partial charge is 0.489 e. The van der Waals surface area contributed by atoms with E-state index in [-0.39, 0.29) is 23.6 Å². The minimum atomic E-state index is -0.696. The Kier molecular flexibility index (Phi) is 7.35. The second-order valence-corrected chi connectivity index (χ2v) is 8.39. The minimum absolute atomic E-state index is 0.0106. The smallest absolute Gasteiger partial charge is 0.338 e. The fourth-order valence-corrected chi connectivity index (χ4v) is 4.24. The number of nitrogens with two attached hydrogens (primary N) is 1. The Morgan fingerprint density at radius 3 is 2.58 bits per heavy atom. The standard InChI is InChI=1S/C26H27ClN2O4/c1-6-31-26(30)23-17(5)33-25(29)21(12-28)24(23)20-10-14(2)9-18(16(20)4)13-32-22-8-7-19(27)11-15(22)3/h7-11,24H,6,13,29H2,1-5H3/t24-/m1/s1. The normalized spacial score (nSPS) is 15.7. The summed E-state index contributed by atoms with van der Waals surface area (Å²) in [6.45, 7) is 9.73. The summed E-state index contributed by atoms with van der Waals surface area (Å²) in [6.07, 6.45) is 0. The third kappa shape index (κ3) is 4.99. The Morgan fingerprint density at radius 2 is 1.94 bits per heavy atom. The molecule has 0 radical (unpaired) electrons. The molecular weight excluding hydrogens is 440 g/mol. The lowest BCUT2D eigenvalue weighted by molar-refractivity contribution is -0.139. The van der Waals surface area contributed by atoms with Crippen LogP contribution in [0.25, 0.3) is 0 Å². The van der Waals surface area contributed by atoms with E-state index in [0.29, 0.717) is 17.4 Å². The molecule has 0 aromatic heterocycles. The van der Waals surface area contributed by atoms with Gasteiger partial charge in [-0.15, -0.1) is 0 Å². The van der Waals surface area contributed by atoms with Crippen molar-refractivity contribution >= 4 is 17.6 Å². The molecule has 1 aliphatic heterocycles. The van der Waals surface area contributed by atoms with Crippen molar-refractivity contribution in [1.29, 1.82) is 5.26 Å². The number of carbonyl (C=O) groups is 1. The monoisotopic (exact) mass is 466 g/mol. The first kappa shape index (κ1) is 24.2. The molecule has 1 atom stereocenters. The van der Waals surface area contributed by atoms with Crippen LogP contribution in [0.15, 0.2) is 53.1 Å². The summed E-state index contributed by atoms with van der Waals surface area (Å²) < 4.78 is 16.9. The molecule has 1 heterocycles. The number of nitriles is 1. The number of hydrogen-bond acceptors (Lipinski definition) is 6. The number of halogens is 1. The molecule has 0 unspecified atom stereocenters. The SMILES string of the molecule is CCOC(=O)C1=C(C)OC(N)=C(C#N)[C@H]1c1cc(C)cc(COc2ccc(Cl)cc2C)c1C. The van der Waals surface area contributed by atoms with Gasteiger partial charge in [-0.25, -0.2) is 4.79 Å². The van der Waals surface area contributed by atoms with Gasteiger partial charge in [-0.2, -0.15) is 5.26 Å². The van der Waals surface area contributed by atoms with Crippen molar-refractivity contribution in [3.05, 3.63) is 86.0 Å². The molecule has 0 aliphatic carbocycles. The van der Waals surface area contributed by atoms with E-state index in [0.717, 1.165) is 33.6 Å². The number of nitrogens with zero attached hydrogens (tertiary/aromatic N) is 1.